The monoisotopic (exact) mass is 228 g/mol. The summed E-state index contributed by atoms with van der Waals surface area (Å²) >= 11 is 0. The lowest BCUT2D eigenvalue weighted by Crippen LogP contribution is -2.44. The standard InChI is InChI=1S/C11H20N2O3/c1-8(2)5-13(6-9(14)15)10(16)11(7-12)3-4-11/h8H,3-7,12H2,1-2H3,(H,14,15). The van der Waals surface area contributed by atoms with E-state index in [1.54, 1.807) is 0 Å². The Morgan fingerprint density at radius 3 is 2.31 bits per heavy atom. The Morgan fingerprint density at radius 1 is 1.44 bits per heavy atom. The van der Waals surface area contributed by atoms with Crippen molar-refractivity contribution in [2.24, 2.45) is 17.1 Å². The maximum Gasteiger partial charge on any atom is 0.323 e. The minimum absolute atomic E-state index is 0.0916. The molecule has 0 bridgehead atoms. The second-order valence-electron chi connectivity index (χ2n) is 4.96. The maximum atomic E-state index is 12.1. The lowest BCUT2D eigenvalue weighted by Gasteiger charge is -2.26. The van der Waals surface area contributed by atoms with Crippen LogP contribution in [0.15, 0.2) is 0 Å². The molecule has 5 nitrogen and oxygen atoms in total. The van der Waals surface area contributed by atoms with Crippen molar-refractivity contribution in [3.63, 3.8) is 0 Å². The number of rotatable bonds is 6. The highest BCUT2D eigenvalue weighted by molar-refractivity contribution is 5.88. The number of carboxylic acids is 1. The third-order valence-electron chi connectivity index (χ3n) is 2.90. The Bertz CT molecular complexity index is 285. The first-order valence-corrected chi connectivity index (χ1v) is 5.62. The van der Waals surface area contributed by atoms with Crippen LogP contribution < -0.4 is 5.73 Å². The lowest BCUT2D eigenvalue weighted by atomic mass is 10.0. The van der Waals surface area contributed by atoms with Crippen LogP contribution in [-0.4, -0.2) is 41.5 Å². The van der Waals surface area contributed by atoms with Gasteiger partial charge in [-0.1, -0.05) is 13.8 Å². The fraction of sp³-hybridized carbons (Fsp3) is 0.818. The van der Waals surface area contributed by atoms with Crippen molar-refractivity contribution < 1.29 is 14.7 Å². The number of hydrogen-bond acceptors (Lipinski definition) is 3. The fourth-order valence-electron chi connectivity index (χ4n) is 1.81. The van der Waals surface area contributed by atoms with Crippen LogP contribution in [0.5, 0.6) is 0 Å². The van der Waals surface area contributed by atoms with E-state index in [1.165, 1.54) is 4.90 Å². The van der Waals surface area contributed by atoms with Gasteiger partial charge in [-0.2, -0.15) is 0 Å². The summed E-state index contributed by atoms with van der Waals surface area (Å²) in [5.74, 6) is -0.801. The summed E-state index contributed by atoms with van der Waals surface area (Å²) in [4.78, 5) is 24.2. The molecule has 3 N–H and O–H groups in total. The average molecular weight is 228 g/mol. The van der Waals surface area contributed by atoms with Gasteiger partial charge in [0.2, 0.25) is 5.91 Å². The lowest BCUT2D eigenvalue weighted by molar-refractivity contribution is -0.147. The van der Waals surface area contributed by atoms with Crippen molar-refractivity contribution in [1.29, 1.82) is 0 Å². The van der Waals surface area contributed by atoms with E-state index in [9.17, 15) is 9.59 Å². The van der Waals surface area contributed by atoms with Gasteiger partial charge in [0.05, 0.1) is 5.41 Å². The van der Waals surface area contributed by atoms with Gasteiger partial charge in [0.25, 0.3) is 0 Å². The van der Waals surface area contributed by atoms with Gasteiger partial charge in [-0.3, -0.25) is 9.59 Å². The van der Waals surface area contributed by atoms with Gasteiger partial charge in [0.1, 0.15) is 6.54 Å². The topological polar surface area (TPSA) is 83.6 Å². The molecule has 1 aliphatic rings. The first-order chi connectivity index (χ1) is 7.41. The molecule has 1 aliphatic carbocycles. The van der Waals surface area contributed by atoms with E-state index in [-0.39, 0.29) is 18.4 Å². The number of amides is 1. The first kappa shape index (κ1) is 13.0. The molecular weight excluding hydrogens is 208 g/mol. The maximum absolute atomic E-state index is 12.1. The molecular formula is C11H20N2O3. The number of nitrogens with two attached hydrogens (primary N) is 1. The van der Waals surface area contributed by atoms with Gasteiger partial charge in [-0.05, 0) is 18.8 Å². The van der Waals surface area contributed by atoms with E-state index >= 15 is 0 Å². The summed E-state index contributed by atoms with van der Waals surface area (Å²) < 4.78 is 0. The minimum atomic E-state index is -0.971. The van der Waals surface area contributed by atoms with Crippen molar-refractivity contribution in [1.82, 2.24) is 4.90 Å². The molecule has 1 amide bonds. The van der Waals surface area contributed by atoms with Crippen LogP contribution in [-0.2, 0) is 9.59 Å². The van der Waals surface area contributed by atoms with Crippen molar-refractivity contribution in [2.75, 3.05) is 19.6 Å². The number of carboxylic acid groups (broad SMARTS) is 1. The summed E-state index contributed by atoms with van der Waals surface area (Å²) in [5.41, 5.74) is 5.12. The van der Waals surface area contributed by atoms with Crippen molar-refractivity contribution in [3.8, 4) is 0 Å². The van der Waals surface area contributed by atoms with Crippen LogP contribution in [0.3, 0.4) is 0 Å². The molecule has 0 heterocycles. The fourth-order valence-corrected chi connectivity index (χ4v) is 1.81. The second-order valence-corrected chi connectivity index (χ2v) is 4.96. The van der Waals surface area contributed by atoms with Crippen molar-refractivity contribution in [3.05, 3.63) is 0 Å². The molecule has 1 rings (SSSR count). The highest BCUT2D eigenvalue weighted by Crippen LogP contribution is 2.46. The Hall–Kier alpha value is -1.10. The van der Waals surface area contributed by atoms with E-state index in [4.69, 9.17) is 10.8 Å². The highest BCUT2D eigenvalue weighted by Gasteiger charge is 2.50. The van der Waals surface area contributed by atoms with Crippen molar-refractivity contribution >= 4 is 11.9 Å². The van der Waals surface area contributed by atoms with E-state index in [0.29, 0.717) is 13.1 Å². The van der Waals surface area contributed by atoms with E-state index in [2.05, 4.69) is 0 Å². The molecule has 0 aliphatic heterocycles. The normalized spacial score (nSPS) is 17.2. The minimum Gasteiger partial charge on any atom is -0.480 e. The Labute approximate surface area is 95.6 Å². The molecule has 5 heteroatoms. The van der Waals surface area contributed by atoms with Crippen LogP contribution >= 0.6 is 0 Å². The van der Waals surface area contributed by atoms with Gasteiger partial charge in [-0.15, -0.1) is 0 Å². The average Bonchev–Trinajstić information content (AvgIpc) is 2.94. The van der Waals surface area contributed by atoms with Gasteiger partial charge in [0, 0.05) is 13.1 Å². The molecule has 1 saturated carbocycles. The second kappa shape index (κ2) is 4.82. The molecule has 0 unspecified atom stereocenters. The highest BCUT2D eigenvalue weighted by atomic mass is 16.4. The van der Waals surface area contributed by atoms with Crippen LogP contribution in [0.2, 0.25) is 0 Å². The molecule has 0 aromatic heterocycles. The third-order valence-corrected chi connectivity index (χ3v) is 2.90. The van der Waals surface area contributed by atoms with Crippen LogP contribution in [0.25, 0.3) is 0 Å². The van der Waals surface area contributed by atoms with Crippen LogP contribution in [0, 0.1) is 11.3 Å². The third kappa shape index (κ3) is 2.95. The predicted octanol–water partition coefficient (Wildman–Crippen LogP) is 0.295. The Balaban J connectivity index is 2.68. The van der Waals surface area contributed by atoms with E-state index in [1.807, 2.05) is 13.8 Å². The zero-order valence-corrected chi connectivity index (χ0v) is 9.90. The largest absolute Gasteiger partial charge is 0.480 e. The van der Waals surface area contributed by atoms with Gasteiger partial charge < -0.3 is 15.7 Å². The molecule has 0 spiro atoms. The molecule has 92 valence electrons. The summed E-state index contributed by atoms with van der Waals surface area (Å²) in [5, 5.41) is 8.78. The number of aliphatic carboxylic acids is 1. The van der Waals surface area contributed by atoms with Crippen LogP contribution in [0.1, 0.15) is 26.7 Å². The quantitative estimate of drug-likeness (QED) is 0.684. The SMILES string of the molecule is CC(C)CN(CC(=O)O)C(=O)C1(CN)CC1. The molecule has 0 aromatic rings. The number of hydrogen-bond donors (Lipinski definition) is 2. The number of carbonyl (C=O) groups is 2. The van der Waals surface area contributed by atoms with Gasteiger partial charge in [-0.25, -0.2) is 0 Å². The zero-order chi connectivity index (χ0) is 12.3. The summed E-state index contributed by atoms with van der Waals surface area (Å²) in [7, 11) is 0. The van der Waals surface area contributed by atoms with Crippen LogP contribution in [0.4, 0.5) is 0 Å². The van der Waals surface area contributed by atoms with E-state index < -0.39 is 11.4 Å². The first-order valence-electron chi connectivity index (χ1n) is 5.62. The number of carbonyl (C=O) groups excluding carboxylic acids is 1. The molecule has 0 atom stereocenters. The van der Waals surface area contributed by atoms with E-state index in [0.717, 1.165) is 12.8 Å². The van der Waals surface area contributed by atoms with Gasteiger partial charge >= 0.3 is 5.97 Å². The Kier molecular flexibility index (Phi) is 3.91. The molecule has 0 radical (unpaired) electrons. The summed E-state index contributed by atoms with van der Waals surface area (Å²) in [6.07, 6.45) is 1.58. The van der Waals surface area contributed by atoms with Gasteiger partial charge in [0.15, 0.2) is 0 Å². The molecule has 1 fully saturated rings. The predicted molar refractivity (Wildman–Crippen MR) is 59.8 cm³/mol. The molecule has 16 heavy (non-hydrogen) atoms. The van der Waals surface area contributed by atoms with Crippen molar-refractivity contribution in [2.45, 2.75) is 26.7 Å². The smallest absolute Gasteiger partial charge is 0.323 e. The zero-order valence-electron chi connectivity index (χ0n) is 9.90. The molecule has 0 saturated heterocycles. The number of nitrogens with zero attached hydrogens (tertiary/aromatic N) is 1. The Morgan fingerprint density at radius 2 is 2.00 bits per heavy atom. The summed E-state index contributed by atoms with van der Waals surface area (Å²) in [6.45, 7) is 4.50. The molecule has 0 aromatic carbocycles. The summed E-state index contributed by atoms with van der Waals surface area (Å²) in [6, 6.07) is 0.